The van der Waals surface area contributed by atoms with Gasteiger partial charge in [0.1, 0.15) is 11.9 Å². The van der Waals surface area contributed by atoms with Gasteiger partial charge in [0.05, 0.1) is 18.8 Å². The van der Waals surface area contributed by atoms with Crippen LogP contribution in [0.25, 0.3) is 0 Å². The summed E-state index contributed by atoms with van der Waals surface area (Å²) < 4.78 is 20.0. The highest BCUT2D eigenvalue weighted by molar-refractivity contribution is 9.10. The molecule has 0 radical (unpaired) electrons. The Morgan fingerprint density at radius 3 is 2.84 bits per heavy atom. The van der Waals surface area contributed by atoms with Crippen molar-refractivity contribution in [2.24, 2.45) is 10.9 Å². The number of hydrogen-bond acceptors (Lipinski definition) is 6. The molecule has 160 valence electrons. The molecule has 1 unspecified atom stereocenters. The van der Waals surface area contributed by atoms with Crippen molar-refractivity contribution < 1.29 is 9.13 Å². The van der Waals surface area contributed by atoms with Crippen molar-refractivity contribution in [3.63, 3.8) is 0 Å². The fourth-order valence-electron chi connectivity index (χ4n) is 3.66. The van der Waals surface area contributed by atoms with Gasteiger partial charge in [-0.05, 0) is 30.5 Å². The molecule has 3 aliphatic rings. The molecular weight excluding hydrogens is 479 g/mol. The van der Waals surface area contributed by atoms with Crippen molar-refractivity contribution in [3.8, 4) is 11.8 Å². The van der Waals surface area contributed by atoms with Crippen LogP contribution in [0, 0.1) is 23.6 Å². The maximum atomic E-state index is 13.8. The van der Waals surface area contributed by atoms with Crippen molar-refractivity contribution in [2.75, 3.05) is 32.8 Å². The van der Waals surface area contributed by atoms with Crippen LogP contribution in [0.15, 0.2) is 50.5 Å². The van der Waals surface area contributed by atoms with Crippen LogP contribution < -0.4 is 5.32 Å². The van der Waals surface area contributed by atoms with E-state index in [1.807, 2.05) is 5.38 Å². The molecule has 1 atom stereocenters. The van der Waals surface area contributed by atoms with Gasteiger partial charge in [0, 0.05) is 47.3 Å². The Bertz CT molecular complexity index is 1080. The summed E-state index contributed by atoms with van der Waals surface area (Å²) in [5.41, 5.74) is 2.89. The van der Waals surface area contributed by atoms with Gasteiger partial charge in [-0.2, -0.15) is 0 Å². The number of rotatable bonds is 4. The molecule has 1 N–H and O–H groups in total. The molecule has 2 aliphatic heterocycles. The van der Waals surface area contributed by atoms with Crippen LogP contribution in [0.4, 0.5) is 4.39 Å². The third-order valence-corrected chi connectivity index (χ3v) is 6.96. The van der Waals surface area contributed by atoms with E-state index in [0.29, 0.717) is 10.4 Å². The second kappa shape index (κ2) is 9.21. The van der Waals surface area contributed by atoms with E-state index in [0.717, 1.165) is 73.4 Å². The highest BCUT2D eigenvalue weighted by Crippen LogP contribution is 2.37. The van der Waals surface area contributed by atoms with Crippen LogP contribution in [0.2, 0.25) is 0 Å². The molecule has 1 aliphatic carbocycles. The fraction of sp³-hybridized carbons (Fsp3) is 0.391. The maximum Gasteiger partial charge on any atom is 0.163 e. The Hall–Kier alpha value is -2.05. The number of aliphatic imine (C=N–C) groups is 1. The first-order chi connectivity index (χ1) is 15.2. The zero-order valence-corrected chi connectivity index (χ0v) is 19.3. The first-order valence-corrected chi connectivity index (χ1v) is 12.1. The molecule has 1 aromatic heterocycles. The van der Waals surface area contributed by atoms with Gasteiger partial charge in [-0.15, -0.1) is 11.3 Å². The Morgan fingerprint density at radius 2 is 2.13 bits per heavy atom. The number of nitrogens with one attached hydrogen (secondary N) is 1. The molecule has 1 aromatic carbocycles. The number of nitrogens with zero attached hydrogens (tertiary/aromatic N) is 3. The Kier molecular flexibility index (Phi) is 6.19. The van der Waals surface area contributed by atoms with Crippen molar-refractivity contribution in [1.82, 2.24) is 15.2 Å². The van der Waals surface area contributed by atoms with E-state index < -0.39 is 0 Å². The van der Waals surface area contributed by atoms with E-state index in [4.69, 9.17) is 9.73 Å². The predicted molar refractivity (Wildman–Crippen MR) is 123 cm³/mol. The van der Waals surface area contributed by atoms with Crippen LogP contribution in [-0.2, 0) is 4.74 Å². The molecule has 5 rings (SSSR count). The molecule has 2 fully saturated rings. The van der Waals surface area contributed by atoms with E-state index in [9.17, 15) is 4.39 Å². The number of amidine groups is 1. The second-order valence-corrected chi connectivity index (χ2v) is 9.58. The summed E-state index contributed by atoms with van der Waals surface area (Å²) in [6.07, 6.45) is 4.09. The smallest absolute Gasteiger partial charge is 0.163 e. The molecule has 0 bridgehead atoms. The van der Waals surface area contributed by atoms with Gasteiger partial charge in [-0.3, -0.25) is 9.89 Å². The van der Waals surface area contributed by atoms with Crippen LogP contribution in [0.1, 0.15) is 29.5 Å². The lowest BCUT2D eigenvalue weighted by Gasteiger charge is -2.32. The summed E-state index contributed by atoms with van der Waals surface area (Å²) in [6.45, 7) is 3.96. The highest BCUT2D eigenvalue weighted by Gasteiger charge is 2.30. The molecule has 5 nitrogen and oxygen atoms in total. The lowest BCUT2D eigenvalue weighted by Crippen LogP contribution is -2.42. The van der Waals surface area contributed by atoms with Crippen LogP contribution in [0.3, 0.4) is 0 Å². The number of ether oxygens (including phenoxy) is 1. The topological polar surface area (TPSA) is 49.8 Å². The van der Waals surface area contributed by atoms with Crippen molar-refractivity contribution in [1.29, 1.82) is 0 Å². The third kappa shape index (κ3) is 4.90. The second-order valence-electron chi connectivity index (χ2n) is 7.83. The molecular formula is C23H22BrFN4OS. The number of aromatic nitrogens is 1. The Balaban J connectivity index is 1.59. The average molecular weight is 501 g/mol. The SMILES string of the molecule is Fc1ccc(C2N=C(c3nccs3)NC(CN3CCOCC3)=C2C#CC2CC2)c(Br)c1. The van der Waals surface area contributed by atoms with E-state index in [2.05, 4.69) is 43.0 Å². The highest BCUT2D eigenvalue weighted by atomic mass is 79.9. The van der Waals surface area contributed by atoms with Gasteiger partial charge >= 0.3 is 0 Å². The van der Waals surface area contributed by atoms with Crippen molar-refractivity contribution in [3.05, 3.63) is 61.9 Å². The summed E-state index contributed by atoms with van der Waals surface area (Å²) in [7, 11) is 0. The lowest BCUT2D eigenvalue weighted by atomic mass is 9.95. The molecule has 1 saturated heterocycles. The minimum Gasteiger partial charge on any atom is -0.379 e. The van der Waals surface area contributed by atoms with Crippen molar-refractivity contribution in [2.45, 2.75) is 18.9 Å². The third-order valence-electron chi connectivity index (χ3n) is 5.49. The summed E-state index contributed by atoms with van der Waals surface area (Å²) >= 11 is 5.09. The van der Waals surface area contributed by atoms with Gasteiger partial charge in [-0.25, -0.2) is 9.37 Å². The molecule has 31 heavy (non-hydrogen) atoms. The monoisotopic (exact) mass is 500 g/mol. The minimum atomic E-state index is -0.322. The fourth-order valence-corrected chi connectivity index (χ4v) is 4.81. The number of benzene rings is 1. The van der Waals surface area contributed by atoms with E-state index in [1.54, 1.807) is 23.6 Å². The molecule has 3 heterocycles. The number of hydrogen-bond donors (Lipinski definition) is 1. The summed E-state index contributed by atoms with van der Waals surface area (Å²) in [4.78, 5) is 11.8. The minimum absolute atomic E-state index is 0.281. The van der Waals surface area contributed by atoms with Crippen LogP contribution in [0.5, 0.6) is 0 Å². The standard InChI is InChI=1S/C23H22BrFN4OS/c24-19-13-16(25)4-6-17(19)21-18(5-3-15-1-2-15)20(14-29-8-10-30-11-9-29)27-22(28-21)23-26-7-12-31-23/h4,6-7,12-13,15,21H,1-2,8-11,14H2,(H,27,28). The molecule has 2 aromatic rings. The first-order valence-electron chi connectivity index (χ1n) is 10.4. The molecule has 1 saturated carbocycles. The van der Waals surface area contributed by atoms with E-state index >= 15 is 0 Å². The number of halogens is 2. The number of thiazole rings is 1. The first kappa shape index (κ1) is 20.8. The zero-order chi connectivity index (χ0) is 21.2. The quantitative estimate of drug-likeness (QED) is 0.641. The van der Waals surface area contributed by atoms with E-state index in [-0.39, 0.29) is 11.9 Å². The normalized spacial score (nSPS) is 21.9. The van der Waals surface area contributed by atoms with Gasteiger partial charge in [0.25, 0.3) is 0 Å². The van der Waals surface area contributed by atoms with Crippen LogP contribution in [-0.4, -0.2) is 48.6 Å². The number of morpholine rings is 1. The zero-order valence-electron chi connectivity index (χ0n) is 16.9. The van der Waals surface area contributed by atoms with E-state index in [1.165, 1.54) is 12.1 Å². The van der Waals surface area contributed by atoms with Crippen molar-refractivity contribution >= 4 is 33.1 Å². The summed E-state index contributed by atoms with van der Waals surface area (Å²) in [5.74, 6) is 7.78. The van der Waals surface area contributed by atoms with Gasteiger partial charge < -0.3 is 10.1 Å². The average Bonchev–Trinajstić information content (AvgIpc) is 3.43. The molecule has 0 spiro atoms. The van der Waals surface area contributed by atoms with Gasteiger partial charge in [0.15, 0.2) is 10.8 Å². The maximum absolute atomic E-state index is 13.8. The summed E-state index contributed by atoms with van der Waals surface area (Å²) in [5, 5.41) is 6.30. The lowest BCUT2D eigenvalue weighted by molar-refractivity contribution is 0.0417. The predicted octanol–water partition coefficient (Wildman–Crippen LogP) is 4.14. The largest absolute Gasteiger partial charge is 0.379 e. The Morgan fingerprint density at radius 1 is 1.29 bits per heavy atom. The molecule has 0 amide bonds. The van der Waals surface area contributed by atoms with Crippen LogP contribution >= 0.6 is 27.3 Å². The van der Waals surface area contributed by atoms with Gasteiger partial charge in [-0.1, -0.05) is 33.8 Å². The van der Waals surface area contributed by atoms with Gasteiger partial charge in [0.2, 0.25) is 0 Å². The molecule has 8 heteroatoms. The Labute approximate surface area is 193 Å². The summed E-state index contributed by atoms with van der Waals surface area (Å²) in [6, 6.07) is 4.44.